The molecule has 0 saturated carbocycles. The first-order valence-corrected chi connectivity index (χ1v) is 10.2. The lowest BCUT2D eigenvalue weighted by Gasteiger charge is -2.12. The molecule has 0 aliphatic carbocycles. The molecule has 8 heteroatoms. The highest BCUT2D eigenvalue weighted by Crippen LogP contribution is 2.21. The Balaban J connectivity index is 1.44. The Bertz CT molecular complexity index is 1010. The second kappa shape index (κ2) is 10.8. The third kappa shape index (κ3) is 6.62. The largest absolute Gasteiger partial charge is 0.490 e. The van der Waals surface area contributed by atoms with Crippen molar-refractivity contribution >= 4 is 52.1 Å². The van der Waals surface area contributed by atoms with Crippen LogP contribution in [-0.4, -0.2) is 24.2 Å². The zero-order valence-corrected chi connectivity index (χ0v) is 18.1. The lowest BCUT2D eigenvalue weighted by molar-refractivity contribution is 0.0978. The first-order valence-electron chi connectivity index (χ1n) is 8.99. The third-order valence-electron chi connectivity index (χ3n) is 3.88. The van der Waals surface area contributed by atoms with E-state index in [1.165, 1.54) is 12.1 Å². The maximum absolute atomic E-state index is 12.3. The highest BCUT2D eigenvalue weighted by molar-refractivity contribution is 7.80. The number of benzene rings is 3. The summed E-state index contributed by atoms with van der Waals surface area (Å²) >= 11 is 17.1. The fraction of sp³-hybridized carbons (Fsp3) is 0.0909. The molecule has 154 valence electrons. The average Bonchev–Trinajstić information content (AvgIpc) is 2.73. The van der Waals surface area contributed by atoms with Crippen molar-refractivity contribution in [1.82, 2.24) is 5.32 Å². The number of ether oxygens (including phenoxy) is 2. The van der Waals surface area contributed by atoms with Crippen molar-refractivity contribution in [2.75, 3.05) is 18.5 Å². The summed E-state index contributed by atoms with van der Waals surface area (Å²) in [6.45, 7) is 0.853. The highest BCUT2D eigenvalue weighted by Gasteiger charge is 2.12. The van der Waals surface area contributed by atoms with Crippen molar-refractivity contribution in [1.29, 1.82) is 0 Å². The third-order valence-corrected chi connectivity index (χ3v) is 4.63. The number of carbonyl (C=O) groups excluding carboxylic acids is 1. The Morgan fingerprint density at radius 3 is 2.13 bits per heavy atom. The van der Waals surface area contributed by atoms with E-state index in [-0.39, 0.29) is 15.7 Å². The van der Waals surface area contributed by atoms with Gasteiger partial charge in [-0.1, -0.05) is 41.4 Å². The van der Waals surface area contributed by atoms with Gasteiger partial charge in [-0.05, 0) is 66.8 Å². The van der Waals surface area contributed by atoms with Crippen molar-refractivity contribution in [3.63, 3.8) is 0 Å². The minimum absolute atomic E-state index is 0.149. The first kappa shape index (κ1) is 21.9. The van der Waals surface area contributed by atoms with Crippen LogP contribution < -0.4 is 20.1 Å². The van der Waals surface area contributed by atoms with Crippen molar-refractivity contribution in [2.45, 2.75) is 0 Å². The van der Waals surface area contributed by atoms with E-state index in [2.05, 4.69) is 10.6 Å². The average molecular weight is 461 g/mol. The number of halogens is 2. The van der Waals surface area contributed by atoms with Gasteiger partial charge in [0.1, 0.15) is 24.7 Å². The molecule has 0 radical (unpaired) electrons. The van der Waals surface area contributed by atoms with Crippen molar-refractivity contribution in [3.05, 3.63) is 88.4 Å². The molecule has 30 heavy (non-hydrogen) atoms. The topological polar surface area (TPSA) is 59.6 Å². The second-order valence-electron chi connectivity index (χ2n) is 6.07. The zero-order valence-electron chi connectivity index (χ0n) is 15.7. The lowest BCUT2D eigenvalue weighted by atomic mass is 10.2. The number of anilines is 1. The molecule has 0 fully saturated rings. The van der Waals surface area contributed by atoms with Gasteiger partial charge in [-0.25, -0.2) is 0 Å². The van der Waals surface area contributed by atoms with Crippen LogP contribution in [0.4, 0.5) is 5.69 Å². The number of nitrogens with one attached hydrogen (secondary N) is 2. The van der Waals surface area contributed by atoms with Crippen molar-refractivity contribution in [2.24, 2.45) is 0 Å². The van der Waals surface area contributed by atoms with Gasteiger partial charge in [-0.15, -0.1) is 0 Å². The number of rotatable bonds is 7. The van der Waals surface area contributed by atoms with Gasteiger partial charge in [-0.3, -0.25) is 10.1 Å². The Morgan fingerprint density at radius 1 is 0.867 bits per heavy atom. The smallest absolute Gasteiger partial charge is 0.258 e. The van der Waals surface area contributed by atoms with E-state index < -0.39 is 5.91 Å². The molecule has 0 aliphatic rings. The summed E-state index contributed by atoms with van der Waals surface area (Å²) in [4.78, 5) is 12.3. The van der Waals surface area contributed by atoms with Crippen LogP contribution in [0.3, 0.4) is 0 Å². The van der Waals surface area contributed by atoms with E-state index >= 15 is 0 Å². The van der Waals surface area contributed by atoms with E-state index in [1.54, 1.807) is 30.3 Å². The van der Waals surface area contributed by atoms with Crippen molar-refractivity contribution < 1.29 is 14.3 Å². The monoisotopic (exact) mass is 460 g/mol. The van der Waals surface area contributed by atoms with Crippen LogP contribution in [0.2, 0.25) is 10.0 Å². The molecule has 0 spiro atoms. The van der Waals surface area contributed by atoms with E-state index in [9.17, 15) is 4.79 Å². The van der Waals surface area contributed by atoms with Crippen LogP contribution >= 0.6 is 35.4 Å². The summed E-state index contributed by atoms with van der Waals surface area (Å²) < 4.78 is 11.2. The van der Waals surface area contributed by atoms with Gasteiger partial charge in [0.2, 0.25) is 0 Å². The van der Waals surface area contributed by atoms with Crippen LogP contribution in [0.25, 0.3) is 0 Å². The maximum atomic E-state index is 12.3. The Labute approximate surface area is 189 Å². The summed E-state index contributed by atoms with van der Waals surface area (Å²) in [5.41, 5.74) is 0.988. The number of amides is 1. The minimum atomic E-state index is -0.424. The van der Waals surface area contributed by atoms with Crippen LogP contribution in [0.5, 0.6) is 11.5 Å². The van der Waals surface area contributed by atoms with Gasteiger partial charge in [0.05, 0.1) is 10.6 Å². The SMILES string of the molecule is O=C(NC(=S)Nc1ccc(OCCOc2ccccc2)cc1)c1ccc(Cl)cc1Cl. The van der Waals surface area contributed by atoms with Crippen LogP contribution in [-0.2, 0) is 0 Å². The molecule has 3 aromatic rings. The van der Waals surface area contributed by atoms with E-state index in [0.717, 1.165) is 5.75 Å². The summed E-state index contributed by atoms with van der Waals surface area (Å²) in [5.74, 6) is 1.07. The first-order chi connectivity index (χ1) is 14.5. The Hall–Kier alpha value is -2.80. The number of hydrogen-bond acceptors (Lipinski definition) is 4. The molecule has 0 aliphatic heterocycles. The minimum Gasteiger partial charge on any atom is -0.490 e. The van der Waals surface area contributed by atoms with Gasteiger partial charge >= 0.3 is 0 Å². The molecule has 0 heterocycles. The maximum Gasteiger partial charge on any atom is 0.258 e. The van der Waals surface area contributed by atoms with Gasteiger partial charge in [0.25, 0.3) is 5.91 Å². The van der Waals surface area contributed by atoms with Gasteiger partial charge in [0.15, 0.2) is 5.11 Å². The number of para-hydroxylation sites is 1. The molecule has 0 bridgehead atoms. The fourth-order valence-electron chi connectivity index (χ4n) is 2.48. The summed E-state index contributed by atoms with van der Waals surface area (Å²) in [6.07, 6.45) is 0. The molecule has 1 amide bonds. The fourth-order valence-corrected chi connectivity index (χ4v) is 3.18. The predicted octanol–water partition coefficient (Wildman–Crippen LogP) is 5.58. The lowest BCUT2D eigenvalue weighted by Crippen LogP contribution is -2.34. The second-order valence-corrected chi connectivity index (χ2v) is 7.32. The Morgan fingerprint density at radius 2 is 1.50 bits per heavy atom. The molecule has 2 N–H and O–H groups in total. The normalized spacial score (nSPS) is 10.2. The molecule has 0 saturated heterocycles. The summed E-state index contributed by atoms with van der Waals surface area (Å²) in [5, 5.41) is 6.37. The Kier molecular flexibility index (Phi) is 7.90. The highest BCUT2D eigenvalue weighted by atomic mass is 35.5. The van der Waals surface area contributed by atoms with Crippen molar-refractivity contribution in [3.8, 4) is 11.5 Å². The summed E-state index contributed by atoms with van der Waals surface area (Å²) in [7, 11) is 0. The molecule has 0 unspecified atom stereocenters. The van der Waals surface area contributed by atoms with E-state index in [4.69, 9.17) is 44.9 Å². The molecule has 5 nitrogen and oxygen atoms in total. The van der Waals surface area contributed by atoms with E-state index in [0.29, 0.717) is 29.7 Å². The van der Waals surface area contributed by atoms with Gasteiger partial charge in [0, 0.05) is 10.7 Å². The molecular weight excluding hydrogens is 443 g/mol. The molecule has 3 rings (SSSR count). The van der Waals surface area contributed by atoms with Gasteiger partial charge < -0.3 is 14.8 Å². The number of hydrogen-bond donors (Lipinski definition) is 2. The summed E-state index contributed by atoms with van der Waals surface area (Å²) in [6, 6.07) is 21.3. The number of carbonyl (C=O) groups is 1. The molecule has 0 aromatic heterocycles. The quantitative estimate of drug-likeness (QED) is 0.356. The van der Waals surface area contributed by atoms with Crippen LogP contribution in [0.1, 0.15) is 10.4 Å². The number of thiocarbonyl (C=S) groups is 1. The zero-order chi connectivity index (χ0) is 21.3. The molecule has 3 aromatic carbocycles. The standard InChI is InChI=1S/C22H18Cl2N2O3S/c23-15-6-11-19(20(24)14-15)21(27)26-22(30)25-16-7-9-18(10-8-16)29-13-12-28-17-4-2-1-3-5-17/h1-11,14H,12-13H2,(H2,25,26,27,30). The van der Waals surface area contributed by atoms with Crippen LogP contribution in [0, 0.1) is 0 Å². The predicted molar refractivity (Wildman–Crippen MR) is 124 cm³/mol. The molecular formula is C22H18Cl2N2O3S. The van der Waals surface area contributed by atoms with E-state index in [1.807, 2.05) is 30.3 Å². The van der Waals surface area contributed by atoms with Gasteiger partial charge in [-0.2, -0.15) is 0 Å². The van der Waals surface area contributed by atoms with Crippen LogP contribution in [0.15, 0.2) is 72.8 Å². The molecule has 0 atom stereocenters.